The topological polar surface area (TPSA) is 55.8 Å². The maximum Gasteiger partial charge on any atom is 0.243 e. The Bertz CT molecular complexity index is 584. The summed E-state index contributed by atoms with van der Waals surface area (Å²) in [6.45, 7) is 3.37. The molecule has 2 aliphatic heterocycles. The normalized spacial score (nSPS) is 30.6. The van der Waals surface area contributed by atoms with Crippen molar-refractivity contribution in [2.24, 2.45) is 5.92 Å². The van der Waals surface area contributed by atoms with E-state index in [1.807, 2.05) is 19.1 Å². The molecule has 2 heterocycles. The van der Waals surface area contributed by atoms with Gasteiger partial charge in [-0.15, -0.1) is 0 Å². The molecular formula is C14H19NO4S. The maximum absolute atomic E-state index is 12.8. The molecule has 2 aliphatic rings. The fourth-order valence-electron chi connectivity index (χ4n) is 3.03. The average molecular weight is 297 g/mol. The molecule has 110 valence electrons. The van der Waals surface area contributed by atoms with Gasteiger partial charge in [-0.3, -0.25) is 0 Å². The van der Waals surface area contributed by atoms with E-state index in [0.29, 0.717) is 24.7 Å². The van der Waals surface area contributed by atoms with E-state index in [4.69, 9.17) is 9.47 Å². The van der Waals surface area contributed by atoms with Gasteiger partial charge in [0.15, 0.2) is 0 Å². The van der Waals surface area contributed by atoms with Crippen LogP contribution >= 0.6 is 0 Å². The standard InChI is InChI=1S/C14H19NO4S/c1-10-3-5-11(6-4-10)20(16,17)15-7-14(18-2)12-8-19-9-13(12)15/h3-6,12-14H,7-9H2,1-2H3/t12-,13+,14-/m0/s1. The number of hydrogen-bond acceptors (Lipinski definition) is 4. The first-order valence-electron chi connectivity index (χ1n) is 6.73. The number of methoxy groups -OCH3 is 1. The molecule has 0 aliphatic carbocycles. The highest BCUT2D eigenvalue weighted by Gasteiger charge is 2.50. The van der Waals surface area contributed by atoms with Crippen molar-refractivity contribution in [1.29, 1.82) is 0 Å². The monoisotopic (exact) mass is 297 g/mol. The first kappa shape index (κ1) is 14.0. The number of rotatable bonds is 3. The molecule has 2 saturated heterocycles. The maximum atomic E-state index is 12.8. The zero-order valence-electron chi connectivity index (χ0n) is 11.7. The van der Waals surface area contributed by atoms with Crippen molar-refractivity contribution in [2.45, 2.75) is 24.0 Å². The summed E-state index contributed by atoms with van der Waals surface area (Å²) in [6, 6.07) is 6.86. The minimum Gasteiger partial charge on any atom is -0.380 e. The number of hydrogen-bond donors (Lipinski definition) is 0. The minimum absolute atomic E-state index is 0.0808. The third-order valence-electron chi connectivity index (χ3n) is 4.23. The summed E-state index contributed by atoms with van der Waals surface area (Å²) >= 11 is 0. The van der Waals surface area contributed by atoms with Crippen LogP contribution in [0.5, 0.6) is 0 Å². The zero-order chi connectivity index (χ0) is 14.3. The van der Waals surface area contributed by atoms with E-state index in [1.54, 1.807) is 23.5 Å². The van der Waals surface area contributed by atoms with Crippen LogP contribution in [0.15, 0.2) is 29.2 Å². The van der Waals surface area contributed by atoms with E-state index in [0.717, 1.165) is 5.56 Å². The van der Waals surface area contributed by atoms with Crippen LogP contribution < -0.4 is 0 Å². The van der Waals surface area contributed by atoms with Gasteiger partial charge in [0.2, 0.25) is 10.0 Å². The van der Waals surface area contributed by atoms with Gasteiger partial charge < -0.3 is 9.47 Å². The molecular weight excluding hydrogens is 278 g/mol. The molecule has 0 unspecified atom stereocenters. The fourth-order valence-corrected chi connectivity index (χ4v) is 4.70. The Balaban J connectivity index is 1.93. The molecule has 3 atom stereocenters. The third kappa shape index (κ3) is 2.16. The molecule has 1 aromatic rings. The van der Waals surface area contributed by atoms with Crippen molar-refractivity contribution in [3.63, 3.8) is 0 Å². The van der Waals surface area contributed by atoms with Gasteiger partial charge in [0.25, 0.3) is 0 Å². The highest BCUT2D eigenvalue weighted by atomic mass is 32.2. The quantitative estimate of drug-likeness (QED) is 0.836. The molecule has 3 rings (SSSR count). The minimum atomic E-state index is -3.48. The fraction of sp³-hybridized carbons (Fsp3) is 0.571. The lowest BCUT2D eigenvalue weighted by Crippen LogP contribution is -2.38. The second-order valence-electron chi connectivity index (χ2n) is 5.43. The second-order valence-corrected chi connectivity index (χ2v) is 7.32. The van der Waals surface area contributed by atoms with Crippen molar-refractivity contribution in [2.75, 3.05) is 26.9 Å². The molecule has 6 heteroatoms. The molecule has 0 radical (unpaired) electrons. The molecule has 0 bridgehead atoms. The largest absolute Gasteiger partial charge is 0.380 e. The summed E-state index contributed by atoms with van der Waals surface area (Å²) in [5, 5.41) is 0. The molecule has 2 fully saturated rings. The van der Waals surface area contributed by atoms with E-state index in [9.17, 15) is 8.42 Å². The molecule has 0 spiro atoms. The summed E-state index contributed by atoms with van der Waals surface area (Å²) in [6.07, 6.45) is -0.0808. The average Bonchev–Trinajstić information content (AvgIpc) is 3.00. The van der Waals surface area contributed by atoms with Gasteiger partial charge in [-0.05, 0) is 19.1 Å². The first-order valence-corrected chi connectivity index (χ1v) is 8.17. The van der Waals surface area contributed by atoms with Crippen LogP contribution in [0.25, 0.3) is 0 Å². The SMILES string of the molecule is CO[C@H]1CN(S(=O)(=O)c2ccc(C)cc2)[C@@H]2COC[C@H]12. The highest BCUT2D eigenvalue weighted by molar-refractivity contribution is 7.89. The zero-order valence-corrected chi connectivity index (χ0v) is 12.5. The number of aryl methyl sites for hydroxylation is 1. The van der Waals surface area contributed by atoms with Crippen LogP contribution in [-0.2, 0) is 19.5 Å². The third-order valence-corrected chi connectivity index (χ3v) is 6.14. The summed E-state index contributed by atoms with van der Waals surface area (Å²) in [7, 11) is -1.85. The predicted octanol–water partition coefficient (Wildman–Crippen LogP) is 1.03. The first-order chi connectivity index (χ1) is 9.54. The van der Waals surface area contributed by atoms with Crippen molar-refractivity contribution in [3.8, 4) is 0 Å². The Kier molecular flexibility index (Phi) is 3.58. The summed E-state index contributed by atoms with van der Waals surface area (Å²) in [4.78, 5) is 0.338. The van der Waals surface area contributed by atoms with Crippen molar-refractivity contribution >= 4 is 10.0 Å². The van der Waals surface area contributed by atoms with Crippen LogP contribution in [0.4, 0.5) is 0 Å². The second kappa shape index (κ2) is 5.11. The van der Waals surface area contributed by atoms with Gasteiger partial charge in [0.05, 0.1) is 30.3 Å². The summed E-state index contributed by atoms with van der Waals surface area (Å²) in [5.74, 6) is 0.139. The molecule has 0 saturated carbocycles. The smallest absolute Gasteiger partial charge is 0.243 e. The molecule has 0 N–H and O–H groups in total. The van der Waals surface area contributed by atoms with E-state index in [-0.39, 0.29) is 18.1 Å². The van der Waals surface area contributed by atoms with Gasteiger partial charge >= 0.3 is 0 Å². The van der Waals surface area contributed by atoms with Gasteiger partial charge in [0, 0.05) is 19.6 Å². The van der Waals surface area contributed by atoms with Crippen molar-refractivity contribution in [1.82, 2.24) is 4.31 Å². The number of ether oxygens (including phenoxy) is 2. The van der Waals surface area contributed by atoms with E-state index in [2.05, 4.69) is 0 Å². The van der Waals surface area contributed by atoms with Gasteiger partial charge in [-0.2, -0.15) is 4.31 Å². The molecule has 0 aromatic heterocycles. The Morgan fingerprint density at radius 3 is 2.60 bits per heavy atom. The van der Waals surface area contributed by atoms with Gasteiger partial charge in [0.1, 0.15) is 0 Å². The number of sulfonamides is 1. The van der Waals surface area contributed by atoms with E-state index < -0.39 is 10.0 Å². The summed E-state index contributed by atoms with van der Waals surface area (Å²) < 4.78 is 37.9. The van der Waals surface area contributed by atoms with Crippen LogP contribution in [0.2, 0.25) is 0 Å². The van der Waals surface area contributed by atoms with Gasteiger partial charge in [-0.25, -0.2) is 8.42 Å². The number of benzene rings is 1. The Morgan fingerprint density at radius 2 is 1.95 bits per heavy atom. The lowest BCUT2D eigenvalue weighted by molar-refractivity contribution is 0.0599. The molecule has 1 aromatic carbocycles. The molecule has 5 nitrogen and oxygen atoms in total. The van der Waals surface area contributed by atoms with Crippen molar-refractivity contribution < 1.29 is 17.9 Å². The lowest BCUT2D eigenvalue weighted by atomic mass is 10.0. The van der Waals surface area contributed by atoms with E-state index in [1.165, 1.54) is 0 Å². The van der Waals surface area contributed by atoms with Crippen LogP contribution in [-0.4, -0.2) is 51.7 Å². The van der Waals surface area contributed by atoms with E-state index >= 15 is 0 Å². The van der Waals surface area contributed by atoms with Crippen LogP contribution in [0.1, 0.15) is 5.56 Å². The Morgan fingerprint density at radius 1 is 1.25 bits per heavy atom. The predicted molar refractivity (Wildman–Crippen MR) is 74.0 cm³/mol. The highest BCUT2D eigenvalue weighted by Crippen LogP contribution is 2.35. The molecule has 0 amide bonds. The number of fused-ring (bicyclic) bond motifs is 1. The van der Waals surface area contributed by atoms with Crippen LogP contribution in [0.3, 0.4) is 0 Å². The molecule has 20 heavy (non-hydrogen) atoms. The summed E-state index contributed by atoms with van der Waals surface area (Å²) in [5.41, 5.74) is 1.04. The lowest BCUT2D eigenvalue weighted by Gasteiger charge is -2.22. The Labute approximate surface area is 119 Å². The van der Waals surface area contributed by atoms with Gasteiger partial charge in [-0.1, -0.05) is 17.7 Å². The van der Waals surface area contributed by atoms with Crippen LogP contribution in [0, 0.1) is 12.8 Å². The Hall–Kier alpha value is -0.950. The van der Waals surface area contributed by atoms with Crippen molar-refractivity contribution in [3.05, 3.63) is 29.8 Å². The number of nitrogens with zero attached hydrogens (tertiary/aromatic N) is 1.